The normalized spacial score (nSPS) is 18.1. The van der Waals surface area contributed by atoms with Crippen LogP contribution in [0.25, 0.3) is 11.0 Å². The van der Waals surface area contributed by atoms with Gasteiger partial charge in [0.05, 0.1) is 23.8 Å². The van der Waals surface area contributed by atoms with Crippen LogP contribution in [0.15, 0.2) is 41.7 Å². The van der Waals surface area contributed by atoms with Crippen molar-refractivity contribution in [1.82, 2.24) is 15.0 Å². The molecule has 1 aliphatic rings. The van der Waals surface area contributed by atoms with Gasteiger partial charge in [0.25, 0.3) is 0 Å². The summed E-state index contributed by atoms with van der Waals surface area (Å²) in [5, 5.41) is 0.372. The Morgan fingerprint density at radius 3 is 2.88 bits per heavy atom. The third-order valence-electron chi connectivity index (χ3n) is 4.53. The van der Waals surface area contributed by atoms with E-state index in [0.717, 1.165) is 53.7 Å². The summed E-state index contributed by atoms with van der Waals surface area (Å²) in [5.41, 5.74) is 3.74. The molecule has 0 saturated carbocycles. The number of rotatable bonds is 3. The van der Waals surface area contributed by atoms with Gasteiger partial charge in [-0.05, 0) is 37.5 Å². The van der Waals surface area contributed by atoms with Crippen molar-refractivity contribution in [3.63, 3.8) is 0 Å². The number of para-hydroxylation sites is 2. The fraction of sp³-hybridized carbons (Fsp3) is 0.333. The van der Waals surface area contributed by atoms with E-state index in [1.165, 1.54) is 0 Å². The number of H-pyrrole nitrogens is 1. The molecule has 0 spiro atoms. The van der Waals surface area contributed by atoms with Crippen LogP contribution >= 0.6 is 0 Å². The fourth-order valence-electron chi connectivity index (χ4n) is 3.35. The standard InChI is InChI=1S/C18H19N3O2S.Na.H/c1-23-15-10-11-19-17-12(15)6-2-5-9-16(17)24(22)18-20-13-7-3-4-8-14(13)21-18;;/h3-4,7-8,10-11,16H,2,5-6,9H2,1H3,(H,20,21);;/t16-,24+;;/m1../s1. The predicted molar refractivity (Wildman–Crippen MR) is 101 cm³/mol. The fourth-order valence-corrected chi connectivity index (χ4v) is 4.80. The van der Waals surface area contributed by atoms with E-state index in [2.05, 4.69) is 15.0 Å². The van der Waals surface area contributed by atoms with Gasteiger partial charge in [0.15, 0.2) is 5.25 Å². The first-order valence-corrected chi connectivity index (χ1v) is 9.36. The van der Waals surface area contributed by atoms with Gasteiger partial charge in [-0.2, -0.15) is 4.98 Å². The van der Waals surface area contributed by atoms with E-state index >= 15 is 0 Å². The van der Waals surface area contributed by atoms with Gasteiger partial charge in [0.1, 0.15) is 5.75 Å². The summed E-state index contributed by atoms with van der Waals surface area (Å²) in [5.74, 6) is 0.841. The second-order valence-corrected chi connectivity index (χ2v) is 7.52. The molecule has 0 amide bonds. The van der Waals surface area contributed by atoms with E-state index in [9.17, 15) is 4.55 Å². The van der Waals surface area contributed by atoms with E-state index in [1.807, 2.05) is 30.3 Å². The number of methoxy groups -OCH3 is 1. The Bertz CT molecular complexity index is 837. The van der Waals surface area contributed by atoms with Crippen LogP contribution in [0.2, 0.25) is 0 Å². The van der Waals surface area contributed by atoms with E-state index in [0.29, 0.717) is 5.16 Å². The molecule has 2 atom stereocenters. The van der Waals surface area contributed by atoms with Gasteiger partial charge in [-0.3, -0.25) is 9.97 Å². The molecule has 2 heterocycles. The zero-order valence-electron chi connectivity index (χ0n) is 13.5. The number of aromatic amines is 1. The zero-order valence-corrected chi connectivity index (χ0v) is 14.3. The van der Waals surface area contributed by atoms with Gasteiger partial charge in [0, 0.05) is 29.4 Å². The van der Waals surface area contributed by atoms with Crippen LogP contribution in [-0.2, 0) is 17.6 Å². The molecule has 0 bridgehead atoms. The minimum absolute atomic E-state index is 0. The van der Waals surface area contributed by atoms with Gasteiger partial charge in [-0.15, -0.1) is 0 Å². The second kappa shape index (κ2) is 8.10. The first-order valence-electron chi connectivity index (χ1n) is 8.15. The number of fused-ring (bicyclic) bond motifs is 2. The van der Waals surface area contributed by atoms with Crippen LogP contribution in [0, 0.1) is 0 Å². The molecule has 1 N–H and O–H groups in total. The summed E-state index contributed by atoms with van der Waals surface area (Å²) in [7, 11) is 1.67. The van der Waals surface area contributed by atoms with Crippen LogP contribution in [-0.4, -0.2) is 56.2 Å². The summed E-state index contributed by atoms with van der Waals surface area (Å²) in [6, 6.07) is 9.63. The number of benzene rings is 1. The average molecular weight is 365 g/mol. The van der Waals surface area contributed by atoms with Crippen molar-refractivity contribution >= 4 is 51.8 Å². The molecule has 0 unspecified atom stereocenters. The van der Waals surface area contributed by atoms with E-state index < -0.39 is 11.2 Å². The number of nitrogens with zero attached hydrogens (tertiary/aromatic N) is 2. The Hall–Kier alpha value is -1.05. The van der Waals surface area contributed by atoms with Crippen molar-refractivity contribution < 1.29 is 9.29 Å². The molecule has 0 saturated heterocycles. The first kappa shape index (κ1) is 18.7. The molecule has 4 rings (SSSR count). The minimum atomic E-state index is -1.27. The van der Waals surface area contributed by atoms with Crippen molar-refractivity contribution in [2.24, 2.45) is 0 Å². The number of pyridine rings is 1. The summed E-state index contributed by atoms with van der Waals surface area (Å²) in [6.07, 6.45) is 5.59. The number of hydrogen-bond donors (Lipinski definition) is 1. The molecule has 126 valence electrons. The molecule has 25 heavy (non-hydrogen) atoms. The molecule has 0 fully saturated rings. The number of ether oxygens (including phenoxy) is 1. The van der Waals surface area contributed by atoms with Crippen LogP contribution < -0.4 is 4.74 Å². The molecule has 5 nitrogen and oxygen atoms in total. The number of imidazole rings is 1. The van der Waals surface area contributed by atoms with Gasteiger partial charge in [0.2, 0.25) is 0 Å². The topological polar surface area (TPSA) is 73.9 Å². The Morgan fingerprint density at radius 2 is 2.08 bits per heavy atom. The third kappa shape index (κ3) is 3.59. The van der Waals surface area contributed by atoms with Crippen LogP contribution in [0.3, 0.4) is 0 Å². The SMILES string of the molecule is COc1ccnc2c1CCCC[C@H]2[S@+]([O-])c1nc2ccccc2[nH]1.[NaH]. The molecular weight excluding hydrogens is 345 g/mol. The average Bonchev–Trinajstić information content (AvgIpc) is 2.93. The van der Waals surface area contributed by atoms with E-state index in [-0.39, 0.29) is 34.8 Å². The van der Waals surface area contributed by atoms with Crippen LogP contribution in [0.5, 0.6) is 5.75 Å². The molecule has 2 aromatic heterocycles. The molecule has 0 radical (unpaired) electrons. The zero-order chi connectivity index (χ0) is 16.5. The number of hydrogen-bond acceptors (Lipinski definition) is 4. The van der Waals surface area contributed by atoms with Crippen LogP contribution in [0.1, 0.15) is 35.8 Å². The molecule has 0 aliphatic heterocycles. The third-order valence-corrected chi connectivity index (χ3v) is 6.08. The molecule has 3 aromatic rings. The van der Waals surface area contributed by atoms with E-state index in [4.69, 9.17) is 4.74 Å². The molecule has 7 heteroatoms. The molecular formula is C18H20N3NaO2S. The second-order valence-electron chi connectivity index (χ2n) is 5.97. The van der Waals surface area contributed by atoms with Crippen molar-refractivity contribution in [2.45, 2.75) is 36.1 Å². The Morgan fingerprint density at radius 1 is 1.24 bits per heavy atom. The predicted octanol–water partition coefficient (Wildman–Crippen LogP) is 2.89. The number of nitrogens with one attached hydrogen (secondary N) is 1. The monoisotopic (exact) mass is 365 g/mol. The maximum absolute atomic E-state index is 13.2. The summed E-state index contributed by atoms with van der Waals surface area (Å²) >= 11 is -1.27. The van der Waals surface area contributed by atoms with Gasteiger partial charge in [-0.25, -0.2) is 0 Å². The Balaban J connectivity index is 0.00000182. The van der Waals surface area contributed by atoms with Gasteiger partial charge < -0.3 is 9.29 Å². The summed E-state index contributed by atoms with van der Waals surface area (Å²) < 4.78 is 18.7. The Kier molecular flexibility index (Phi) is 6.07. The Labute approximate surface area is 172 Å². The molecule has 1 aromatic carbocycles. The van der Waals surface area contributed by atoms with Crippen molar-refractivity contribution in [2.75, 3.05) is 7.11 Å². The van der Waals surface area contributed by atoms with Gasteiger partial charge >= 0.3 is 34.7 Å². The van der Waals surface area contributed by atoms with Crippen molar-refractivity contribution in [3.05, 3.63) is 47.8 Å². The summed E-state index contributed by atoms with van der Waals surface area (Å²) in [6.45, 7) is 0. The summed E-state index contributed by atoms with van der Waals surface area (Å²) in [4.78, 5) is 12.3. The van der Waals surface area contributed by atoms with Crippen molar-refractivity contribution in [1.29, 1.82) is 0 Å². The maximum atomic E-state index is 13.2. The van der Waals surface area contributed by atoms with Crippen molar-refractivity contribution in [3.8, 4) is 5.75 Å². The quantitative estimate of drug-likeness (QED) is 0.440. The van der Waals surface area contributed by atoms with E-state index in [1.54, 1.807) is 13.3 Å². The number of aromatic nitrogens is 3. The molecule has 1 aliphatic carbocycles. The van der Waals surface area contributed by atoms with Gasteiger partial charge in [-0.1, -0.05) is 12.1 Å². The van der Waals surface area contributed by atoms with Crippen LogP contribution in [0.4, 0.5) is 0 Å². The first-order chi connectivity index (χ1) is 11.8.